The number of tetrazole rings is 1. The van der Waals surface area contributed by atoms with Crippen molar-refractivity contribution in [3.05, 3.63) is 29.8 Å². The Hall–Kier alpha value is -1.98. The van der Waals surface area contributed by atoms with E-state index in [9.17, 15) is 13.2 Å². The molecule has 152 valence electrons. The Bertz CT molecular complexity index is 905. The van der Waals surface area contributed by atoms with Crippen LogP contribution in [0.5, 0.6) is 0 Å². The van der Waals surface area contributed by atoms with E-state index < -0.39 is 10.0 Å². The number of hydrogen-bond donors (Lipinski definition) is 1. The number of aromatic nitrogens is 4. The first-order valence-corrected chi connectivity index (χ1v) is 11.6. The number of amides is 1. The summed E-state index contributed by atoms with van der Waals surface area (Å²) in [5, 5.41) is 15.1. The van der Waals surface area contributed by atoms with Gasteiger partial charge in [0.1, 0.15) is 0 Å². The molecule has 1 heterocycles. The Labute approximate surface area is 168 Å². The van der Waals surface area contributed by atoms with Gasteiger partial charge in [0.2, 0.25) is 21.1 Å². The summed E-state index contributed by atoms with van der Waals surface area (Å²) in [6.07, 6.45) is 2.15. The highest BCUT2D eigenvalue weighted by atomic mass is 32.2. The predicted octanol–water partition coefficient (Wildman–Crippen LogP) is 1.45. The fraction of sp³-hybridized carbons (Fsp3) is 0.529. The van der Waals surface area contributed by atoms with Crippen molar-refractivity contribution in [1.82, 2.24) is 29.8 Å². The lowest BCUT2D eigenvalue weighted by atomic mass is 10.2. The Morgan fingerprint density at radius 1 is 1.25 bits per heavy atom. The lowest BCUT2D eigenvalue weighted by Gasteiger charge is -2.18. The molecule has 0 unspecified atom stereocenters. The molecule has 3 rings (SSSR count). The maximum atomic E-state index is 12.5. The van der Waals surface area contributed by atoms with Crippen molar-refractivity contribution in [2.45, 2.75) is 49.3 Å². The van der Waals surface area contributed by atoms with Gasteiger partial charge in [-0.3, -0.25) is 4.79 Å². The van der Waals surface area contributed by atoms with Crippen LogP contribution in [0, 0.1) is 0 Å². The van der Waals surface area contributed by atoms with E-state index in [2.05, 4.69) is 20.8 Å². The second-order valence-corrected chi connectivity index (χ2v) is 9.32. The SMILES string of the molecule is CCN(CC)S(=O)(=O)c1ccc(CNC(=O)CSc2nnnn2C2CC2)cc1. The van der Waals surface area contributed by atoms with Crippen molar-refractivity contribution in [3.63, 3.8) is 0 Å². The van der Waals surface area contributed by atoms with Gasteiger partial charge in [0, 0.05) is 19.6 Å². The van der Waals surface area contributed by atoms with Crippen LogP contribution in [0.15, 0.2) is 34.3 Å². The summed E-state index contributed by atoms with van der Waals surface area (Å²) in [6.45, 7) is 4.81. The number of carbonyl (C=O) groups excluding carboxylic acids is 1. The minimum absolute atomic E-state index is 0.129. The molecule has 0 atom stereocenters. The molecule has 9 nitrogen and oxygen atoms in total. The molecule has 28 heavy (non-hydrogen) atoms. The first kappa shape index (κ1) is 20.7. The first-order valence-electron chi connectivity index (χ1n) is 9.22. The Kier molecular flexibility index (Phi) is 6.68. The minimum Gasteiger partial charge on any atom is -0.351 e. The van der Waals surface area contributed by atoms with Gasteiger partial charge in [-0.2, -0.15) is 4.31 Å². The molecular weight excluding hydrogens is 400 g/mol. The molecule has 1 aromatic carbocycles. The average molecular weight is 425 g/mol. The van der Waals surface area contributed by atoms with Crippen LogP contribution in [0.1, 0.15) is 38.3 Å². The molecule has 1 saturated carbocycles. The molecule has 0 spiro atoms. The van der Waals surface area contributed by atoms with Crippen molar-refractivity contribution in [2.75, 3.05) is 18.8 Å². The second kappa shape index (κ2) is 9.01. The highest BCUT2D eigenvalue weighted by Gasteiger charge is 2.28. The number of nitrogens with zero attached hydrogens (tertiary/aromatic N) is 5. The van der Waals surface area contributed by atoms with Crippen LogP contribution in [0.3, 0.4) is 0 Å². The van der Waals surface area contributed by atoms with E-state index in [-0.39, 0.29) is 16.6 Å². The highest BCUT2D eigenvalue weighted by Crippen LogP contribution is 2.36. The molecular formula is C17H24N6O3S2. The van der Waals surface area contributed by atoms with Gasteiger partial charge in [-0.1, -0.05) is 37.7 Å². The van der Waals surface area contributed by atoms with E-state index in [1.807, 2.05) is 13.8 Å². The summed E-state index contributed by atoms with van der Waals surface area (Å²) in [6, 6.07) is 6.96. The molecule has 1 amide bonds. The molecule has 0 radical (unpaired) electrons. The van der Waals surface area contributed by atoms with Gasteiger partial charge in [-0.05, 0) is 41.0 Å². The van der Waals surface area contributed by atoms with E-state index in [1.165, 1.54) is 16.1 Å². The van der Waals surface area contributed by atoms with Gasteiger partial charge in [0.15, 0.2) is 0 Å². The molecule has 1 N–H and O–H groups in total. The zero-order valence-electron chi connectivity index (χ0n) is 15.9. The normalized spacial score (nSPS) is 14.4. The zero-order valence-corrected chi connectivity index (χ0v) is 17.5. The maximum Gasteiger partial charge on any atom is 0.243 e. The monoisotopic (exact) mass is 424 g/mol. The molecule has 0 aliphatic heterocycles. The number of benzene rings is 1. The number of rotatable bonds is 10. The molecule has 1 aromatic heterocycles. The number of sulfonamides is 1. The third-order valence-corrected chi connectivity index (χ3v) is 7.44. The topological polar surface area (TPSA) is 110 Å². The molecule has 11 heteroatoms. The maximum absolute atomic E-state index is 12.5. The molecule has 0 saturated heterocycles. The Morgan fingerprint density at radius 2 is 1.93 bits per heavy atom. The van der Waals surface area contributed by atoms with Gasteiger partial charge in [0.05, 0.1) is 16.7 Å². The predicted molar refractivity (Wildman–Crippen MR) is 105 cm³/mol. The average Bonchev–Trinajstić information content (AvgIpc) is 3.43. The van der Waals surface area contributed by atoms with Crippen LogP contribution in [0.2, 0.25) is 0 Å². The highest BCUT2D eigenvalue weighted by molar-refractivity contribution is 7.99. The van der Waals surface area contributed by atoms with Crippen molar-refractivity contribution in [3.8, 4) is 0 Å². The number of thioether (sulfide) groups is 1. The van der Waals surface area contributed by atoms with Crippen molar-refractivity contribution in [1.29, 1.82) is 0 Å². The fourth-order valence-corrected chi connectivity index (χ4v) is 4.93. The summed E-state index contributed by atoms with van der Waals surface area (Å²) < 4.78 is 28.2. The van der Waals surface area contributed by atoms with E-state index >= 15 is 0 Å². The van der Waals surface area contributed by atoms with E-state index in [4.69, 9.17) is 0 Å². The van der Waals surface area contributed by atoms with Crippen LogP contribution >= 0.6 is 11.8 Å². The standard InChI is InChI=1S/C17H24N6O3S2/c1-3-22(4-2)28(25,26)15-9-5-13(6-10-15)11-18-16(24)12-27-17-19-20-21-23(17)14-7-8-14/h5-6,9-10,14H,3-4,7-8,11-12H2,1-2H3,(H,18,24). The van der Waals surface area contributed by atoms with Crippen molar-refractivity contribution >= 4 is 27.7 Å². The van der Waals surface area contributed by atoms with Gasteiger partial charge in [-0.25, -0.2) is 13.1 Å². The van der Waals surface area contributed by atoms with Crippen LogP contribution in [0.25, 0.3) is 0 Å². The van der Waals surface area contributed by atoms with Crippen LogP contribution < -0.4 is 5.32 Å². The first-order chi connectivity index (χ1) is 13.5. The summed E-state index contributed by atoms with van der Waals surface area (Å²) in [7, 11) is -3.47. The largest absolute Gasteiger partial charge is 0.351 e. The molecule has 1 fully saturated rings. The zero-order chi connectivity index (χ0) is 20.1. The summed E-state index contributed by atoms with van der Waals surface area (Å²) in [5.74, 6) is 0.0943. The lowest BCUT2D eigenvalue weighted by Crippen LogP contribution is -2.30. The quantitative estimate of drug-likeness (QED) is 0.575. The summed E-state index contributed by atoms with van der Waals surface area (Å²) >= 11 is 1.31. The van der Waals surface area contributed by atoms with Crippen LogP contribution in [-0.2, 0) is 21.4 Å². The molecule has 0 bridgehead atoms. The Balaban J connectivity index is 1.50. The summed E-state index contributed by atoms with van der Waals surface area (Å²) in [5.41, 5.74) is 0.833. The molecule has 2 aromatic rings. The lowest BCUT2D eigenvalue weighted by molar-refractivity contribution is -0.118. The van der Waals surface area contributed by atoms with Gasteiger partial charge in [-0.15, -0.1) is 5.10 Å². The third kappa shape index (κ3) is 4.89. The van der Waals surface area contributed by atoms with E-state index in [0.717, 1.165) is 18.4 Å². The van der Waals surface area contributed by atoms with E-state index in [1.54, 1.807) is 28.9 Å². The number of hydrogen-bond acceptors (Lipinski definition) is 7. The molecule has 1 aliphatic carbocycles. The van der Waals surface area contributed by atoms with Crippen LogP contribution in [-0.4, -0.2) is 57.7 Å². The van der Waals surface area contributed by atoms with Crippen molar-refractivity contribution in [2.24, 2.45) is 0 Å². The third-order valence-electron chi connectivity index (χ3n) is 4.44. The van der Waals surface area contributed by atoms with Gasteiger partial charge < -0.3 is 5.32 Å². The number of nitrogens with one attached hydrogen (secondary N) is 1. The second-order valence-electron chi connectivity index (χ2n) is 6.44. The Morgan fingerprint density at radius 3 is 2.54 bits per heavy atom. The molecule has 1 aliphatic rings. The van der Waals surface area contributed by atoms with E-state index in [0.29, 0.717) is 30.8 Å². The smallest absolute Gasteiger partial charge is 0.243 e. The van der Waals surface area contributed by atoms with Crippen molar-refractivity contribution < 1.29 is 13.2 Å². The van der Waals surface area contributed by atoms with Gasteiger partial charge >= 0.3 is 0 Å². The minimum atomic E-state index is -3.47. The number of carbonyl (C=O) groups is 1. The fourth-order valence-electron chi connectivity index (χ4n) is 2.70. The van der Waals surface area contributed by atoms with Crippen LogP contribution in [0.4, 0.5) is 0 Å². The summed E-state index contributed by atoms with van der Waals surface area (Å²) in [4.78, 5) is 12.3. The van der Waals surface area contributed by atoms with Gasteiger partial charge in [0.25, 0.3) is 0 Å².